The average molecular weight is 292 g/mol. The Hall–Kier alpha value is -1.36. The van der Waals surface area contributed by atoms with Crippen LogP contribution in [0.1, 0.15) is 45.5 Å². The number of hydrogen-bond donors (Lipinski definition) is 2. The van der Waals surface area contributed by atoms with E-state index in [1.54, 1.807) is 0 Å². The van der Waals surface area contributed by atoms with E-state index in [2.05, 4.69) is 42.9 Å². The van der Waals surface area contributed by atoms with Gasteiger partial charge in [0, 0.05) is 37.0 Å². The lowest BCUT2D eigenvalue weighted by Gasteiger charge is -2.25. The summed E-state index contributed by atoms with van der Waals surface area (Å²) >= 11 is 0. The average Bonchev–Trinajstić information content (AvgIpc) is 2.87. The molecule has 1 saturated heterocycles. The summed E-state index contributed by atoms with van der Waals surface area (Å²) in [6.07, 6.45) is 0.754. The van der Waals surface area contributed by atoms with Gasteiger partial charge in [-0.1, -0.05) is 20.8 Å². The van der Waals surface area contributed by atoms with Crippen molar-refractivity contribution in [2.24, 2.45) is 5.92 Å². The van der Waals surface area contributed by atoms with Crippen LogP contribution in [-0.4, -0.2) is 41.3 Å². The van der Waals surface area contributed by atoms with Crippen LogP contribution in [0, 0.1) is 12.8 Å². The molecule has 5 heteroatoms. The fourth-order valence-electron chi connectivity index (χ4n) is 2.76. The van der Waals surface area contributed by atoms with Gasteiger partial charge in [0.25, 0.3) is 0 Å². The number of aliphatic hydroxyl groups is 1. The third-order valence-electron chi connectivity index (χ3n) is 4.23. The highest BCUT2D eigenvalue weighted by Crippen LogP contribution is 2.32. The Morgan fingerprint density at radius 1 is 1.33 bits per heavy atom. The lowest BCUT2D eigenvalue weighted by Crippen LogP contribution is -2.27. The number of hydrogen-bond acceptors (Lipinski definition) is 5. The molecule has 0 bridgehead atoms. The van der Waals surface area contributed by atoms with Gasteiger partial charge in [0.15, 0.2) is 0 Å². The van der Waals surface area contributed by atoms with Crippen molar-refractivity contribution in [2.75, 3.05) is 30.4 Å². The van der Waals surface area contributed by atoms with Crippen molar-refractivity contribution in [3.8, 4) is 0 Å². The van der Waals surface area contributed by atoms with Crippen molar-refractivity contribution >= 4 is 11.6 Å². The molecule has 118 valence electrons. The molecule has 1 aliphatic rings. The highest BCUT2D eigenvalue weighted by atomic mass is 16.3. The molecule has 1 aromatic rings. The molecule has 1 fully saturated rings. The Morgan fingerprint density at radius 2 is 2.00 bits per heavy atom. The zero-order chi connectivity index (χ0) is 15.8. The Morgan fingerprint density at radius 3 is 2.48 bits per heavy atom. The van der Waals surface area contributed by atoms with Gasteiger partial charge in [0.1, 0.15) is 17.5 Å². The molecule has 2 N–H and O–H groups in total. The molecule has 0 amide bonds. The molecule has 0 aromatic carbocycles. The van der Waals surface area contributed by atoms with Crippen LogP contribution in [0.5, 0.6) is 0 Å². The van der Waals surface area contributed by atoms with Crippen molar-refractivity contribution in [1.29, 1.82) is 0 Å². The maximum absolute atomic E-state index is 9.80. The van der Waals surface area contributed by atoms with Crippen molar-refractivity contribution in [3.05, 3.63) is 11.4 Å². The lowest BCUT2D eigenvalue weighted by atomic mass is 9.95. The molecular formula is C16H28N4O. The number of rotatable bonds is 3. The van der Waals surface area contributed by atoms with Crippen LogP contribution in [0.4, 0.5) is 11.6 Å². The van der Waals surface area contributed by atoms with Gasteiger partial charge >= 0.3 is 0 Å². The summed E-state index contributed by atoms with van der Waals surface area (Å²) in [7, 11) is 1.90. The Labute approximate surface area is 127 Å². The highest BCUT2D eigenvalue weighted by molar-refractivity contribution is 5.59. The van der Waals surface area contributed by atoms with E-state index in [-0.39, 0.29) is 11.5 Å². The third-order valence-corrected chi connectivity index (χ3v) is 4.23. The van der Waals surface area contributed by atoms with Crippen LogP contribution >= 0.6 is 0 Å². The molecule has 5 nitrogen and oxygen atoms in total. The van der Waals surface area contributed by atoms with E-state index >= 15 is 0 Å². The molecule has 1 aromatic heterocycles. The van der Waals surface area contributed by atoms with Gasteiger partial charge < -0.3 is 15.3 Å². The largest absolute Gasteiger partial charge is 0.393 e. The normalized spacial score (nSPS) is 20.7. The summed E-state index contributed by atoms with van der Waals surface area (Å²) in [5, 5.41) is 13.0. The lowest BCUT2D eigenvalue weighted by molar-refractivity contribution is 0.136. The Balaban J connectivity index is 2.39. The quantitative estimate of drug-likeness (QED) is 0.895. The van der Waals surface area contributed by atoms with Gasteiger partial charge in [-0.3, -0.25) is 0 Å². The van der Waals surface area contributed by atoms with E-state index in [0.717, 1.165) is 42.5 Å². The monoisotopic (exact) mass is 292 g/mol. The minimum atomic E-state index is -0.261. The number of aliphatic hydroxyl groups excluding tert-OH is 1. The summed E-state index contributed by atoms with van der Waals surface area (Å²) in [5.74, 6) is 3.08. The topological polar surface area (TPSA) is 61.3 Å². The van der Waals surface area contributed by atoms with Crippen molar-refractivity contribution in [3.63, 3.8) is 0 Å². The molecule has 2 atom stereocenters. The molecule has 0 aliphatic carbocycles. The maximum atomic E-state index is 9.80. The molecule has 2 heterocycles. The second-order valence-electron chi connectivity index (χ2n) is 7.08. The zero-order valence-corrected chi connectivity index (χ0v) is 14.1. The fraction of sp³-hybridized carbons (Fsp3) is 0.750. The molecule has 1 aliphatic heterocycles. The van der Waals surface area contributed by atoms with Crippen molar-refractivity contribution in [1.82, 2.24) is 9.97 Å². The van der Waals surface area contributed by atoms with Gasteiger partial charge in [-0.25, -0.2) is 9.97 Å². The van der Waals surface area contributed by atoms with E-state index < -0.39 is 0 Å². The van der Waals surface area contributed by atoms with Crippen LogP contribution < -0.4 is 10.2 Å². The van der Waals surface area contributed by atoms with E-state index in [9.17, 15) is 5.11 Å². The zero-order valence-electron chi connectivity index (χ0n) is 14.1. The van der Waals surface area contributed by atoms with E-state index in [1.165, 1.54) is 0 Å². The van der Waals surface area contributed by atoms with E-state index in [4.69, 9.17) is 4.98 Å². The predicted molar refractivity (Wildman–Crippen MR) is 87.0 cm³/mol. The first kappa shape index (κ1) is 16.0. The highest BCUT2D eigenvalue weighted by Gasteiger charge is 2.30. The van der Waals surface area contributed by atoms with Crippen LogP contribution in [0.2, 0.25) is 0 Å². The van der Waals surface area contributed by atoms with E-state index in [0.29, 0.717) is 5.92 Å². The Bertz CT molecular complexity index is 508. The smallest absolute Gasteiger partial charge is 0.138 e. The minimum absolute atomic E-state index is 0.0859. The summed E-state index contributed by atoms with van der Waals surface area (Å²) in [5.41, 5.74) is 0.994. The molecule has 2 unspecified atom stereocenters. The van der Waals surface area contributed by atoms with Crippen LogP contribution in [0.15, 0.2) is 0 Å². The SMILES string of the molecule is CNc1nc(C(C)(C)C)nc(N2CCC(C(C)O)C2)c1C. The van der Waals surface area contributed by atoms with Crippen LogP contribution in [-0.2, 0) is 5.41 Å². The first-order valence-electron chi connectivity index (χ1n) is 7.74. The van der Waals surface area contributed by atoms with Crippen molar-refractivity contribution < 1.29 is 5.11 Å². The van der Waals surface area contributed by atoms with Crippen molar-refractivity contribution in [2.45, 2.75) is 52.6 Å². The van der Waals surface area contributed by atoms with Gasteiger partial charge in [0.2, 0.25) is 0 Å². The predicted octanol–water partition coefficient (Wildman–Crippen LogP) is 2.33. The number of nitrogens with one attached hydrogen (secondary N) is 1. The number of anilines is 2. The number of nitrogens with zero attached hydrogens (tertiary/aromatic N) is 3. The van der Waals surface area contributed by atoms with Gasteiger partial charge in [-0.15, -0.1) is 0 Å². The van der Waals surface area contributed by atoms with E-state index in [1.807, 2.05) is 14.0 Å². The van der Waals surface area contributed by atoms with Gasteiger partial charge in [-0.2, -0.15) is 0 Å². The molecule has 0 spiro atoms. The molecule has 2 rings (SSSR count). The second-order valence-corrected chi connectivity index (χ2v) is 7.08. The van der Waals surface area contributed by atoms with Gasteiger partial charge in [-0.05, 0) is 20.3 Å². The second kappa shape index (κ2) is 5.79. The summed E-state index contributed by atoms with van der Waals surface area (Å²) in [4.78, 5) is 11.8. The Kier molecular flexibility index (Phi) is 4.42. The third kappa shape index (κ3) is 3.28. The molecule has 0 saturated carbocycles. The minimum Gasteiger partial charge on any atom is -0.393 e. The maximum Gasteiger partial charge on any atom is 0.138 e. The molecule has 0 radical (unpaired) electrons. The molecular weight excluding hydrogens is 264 g/mol. The first-order chi connectivity index (χ1) is 9.74. The van der Waals surface area contributed by atoms with Gasteiger partial charge in [0.05, 0.1) is 6.10 Å². The standard InChI is InChI=1S/C16H28N4O/c1-10-13(17-6)18-15(16(3,4)5)19-14(10)20-8-7-12(9-20)11(2)21/h11-12,21H,7-9H2,1-6H3,(H,17,18,19). The van der Waals surface area contributed by atoms with Crippen LogP contribution in [0.25, 0.3) is 0 Å². The number of aromatic nitrogens is 2. The first-order valence-corrected chi connectivity index (χ1v) is 7.74. The summed E-state index contributed by atoms with van der Waals surface area (Å²) in [6.45, 7) is 12.1. The summed E-state index contributed by atoms with van der Waals surface area (Å²) in [6, 6.07) is 0. The summed E-state index contributed by atoms with van der Waals surface area (Å²) < 4.78 is 0. The molecule has 21 heavy (non-hydrogen) atoms. The fourth-order valence-corrected chi connectivity index (χ4v) is 2.76. The van der Waals surface area contributed by atoms with Crippen LogP contribution in [0.3, 0.4) is 0 Å².